The van der Waals surface area contributed by atoms with Crippen LogP contribution in [0.3, 0.4) is 0 Å². The second kappa shape index (κ2) is 6.36. The van der Waals surface area contributed by atoms with Gasteiger partial charge in [-0.1, -0.05) is 22.9 Å². The van der Waals surface area contributed by atoms with E-state index in [1.165, 1.54) is 23.1 Å². The average molecular weight is 314 g/mol. The Hall–Kier alpha value is -1.11. The summed E-state index contributed by atoms with van der Waals surface area (Å²) in [5.41, 5.74) is 0. The molecule has 0 saturated carbocycles. The number of anilines is 1. The number of aromatic nitrogens is 2. The fraction of sp³-hybridized carbons (Fsp3) is 0.250. The summed E-state index contributed by atoms with van der Waals surface area (Å²) in [5, 5.41) is 12.3. The zero-order valence-electron chi connectivity index (χ0n) is 10.4. The number of amides is 1. The van der Waals surface area contributed by atoms with Crippen LogP contribution in [0.4, 0.5) is 5.13 Å². The molecule has 7 heteroatoms. The highest BCUT2D eigenvalue weighted by molar-refractivity contribution is 8.00. The summed E-state index contributed by atoms with van der Waals surface area (Å²) in [6, 6.07) is 7.41. The number of benzene rings is 1. The van der Waals surface area contributed by atoms with E-state index in [0.717, 1.165) is 9.90 Å². The summed E-state index contributed by atoms with van der Waals surface area (Å²) < 4.78 is 0. The monoisotopic (exact) mass is 313 g/mol. The van der Waals surface area contributed by atoms with Crippen molar-refractivity contribution in [1.29, 1.82) is 0 Å². The summed E-state index contributed by atoms with van der Waals surface area (Å²) >= 11 is 8.65. The van der Waals surface area contributed by atoms with E-state index in [0.29, 0.717) is 10.2 Å². The Morgan fingerprint density at radius 3 is 2.63 bits per heavy atom. The van der Waals surface area contributed by atoms with Gasteiger partial charge in [-0.3, -0.25) is 10.1 Å². The van der Waals surface area contributed by atoms with E-state index in [1.807, 2.05) is 38.1 Å². The van der Waals surface area contributed by atoms with Crippen LogP contribution in [0, 0.1) is 6.92 Å². The fourth-order valence-corrected chi connectivity index (χ4v) is 2.91. The highest BCUT2D eigenvalue weighted by atomic mass is 35.5. The van der Waals surface area contributed by atoms with Crippen LogP contribution in [0.1, 0.15) is 11.9 Å². The number of carbonyl (C=O) groups excluding carboxylic acids is 1. The van der Waals surface area contributed by atoms with Crippen molar-refractivity contribution in [2.45, 2.75) is 24.0 Å². The molecule has 0 saturated heterocycles. The molecule has 1 atom stereocenters. The molecule has 0 fully saturated rings. The number of aryl methyl sites for hydroxylation is 1. The minimum atomic E-state index is -0.217. The minimum absolute atomic E-state index is 0.0869. The van der Waals surface area contributed by atoms with E-state index in [2.05, 4.69) is 15.5 Å². The number of hydrogen-bond acceptors (Lipinski definition) is 5. The number of hydrogen-bond donors (Lipinski definition) is 1. The Bertz CT molecular complexity index is 571. The zero-order chi connectivity index (χ0) is 13.8. The predicted octanol–water partition coefficient (Wildman–Crippen LogP) is 3.62. The Labute approximate surface area is 124 Å². The largest absolute Gasteiger partial charge is 0.300 e. The Morgan fingerprint density at radius 2 is 2.05 bits per heavy atom. The lowest BCUT2D eigenvalue weighted by atomic mass is 10.4. The first kappa shape index (κ1) is 14.3. The Balaban J connectivity index is 1.94. The lowest BCUT2D eigenvalue weighted by Gasteiger charge is -2.10. The molecule has 1 unspecified atom stereocenters. The average Bonchev–Trinajstić information content (AvgIpc) is 2.77. The third-order valence-electron chi connectivity index (χ3n) is 2.25. The first-order chi connectivity index (χ1) is 9.04. The van der Waals surface area contributed by atoms with Crippen LogP contribution in [0.25, 0.3) is 0 Å². The molecular formula is C12H12ClN3OS2. The summed E-state index contributed by atoms with van der Waals surface area (Å²) in [6.45, 7) is 3.70. The van der Waals surface area contributed by atoms with Crippen molar-refractivity contribution in [3.05, 3.63) is 34.3 Å². The number of nitrogens with one attached hydrogen (secondary N) is 1. The van der Waals surface area contributed by atoms with Gasteiger partial charge in [0.25, 0.3) is 0 Å². The van der Waals surface area contributed by atoms with Crippen LogP contribution < -0.4 is 5.32 Å². The second-order valence-corrected chi connectivity index (χ2v) is 6.86. The highest BCUT2D eigenvalue weighted by Crippen LogP contribution is 2.25. The van der Waals surface area contributed by atoms with Gasteiger partial charge in [0.05, 0.1) is 5.25 Å². The molecule has 2 aromatic rings. The third-order valence-corrected chi connectivity index (χ3v) is 4.37. The number of halogens is 1. The molecule has 2 rings (SSSR count). The van der Waals surface area contributed by atoms with Crippen LogP contribution in [-0.4, -0.2) is 21.4 Å². The number of rotatable bonds is 4. The lowest BCUT2D eigenvalue weighted by molar-refractivity contribution is -0.115. The van der Waals surface area contributed by atoms with Crippen LogP contribution in [0.2, 0.25) is 5.02 Å². The number of thioether (sulfide) groups is 1. The second-order valence-electron chi connectivity index (χ2n) is 3.83. The summed E-state index contributed by atoms with van der Waals surface area (Å²) in [4.78, 5) is 13.0. The van der Waals surface area contributed by atoms with Crippen LogP contribution in [0.5, 0.6) is 0 Å². The van der Waals surface area contributed by atoms with Gasteiger partial charge in [0, 0.05) is 9.92 Å². The normalized spacial score (nSPS) is 12.2. The van der Waals surface area contributed by atoms with Crippen LogP contribution in [-0.2, 0) is 4.79 Å². The molecule has 0 aliphatic heterocycles. The van der Waals surface area contributed by atoms with Crippen molar-refractivity contribution in [2.75, 3.05) is 5.32 Å². The van der Waals surface area contributed by atoms with E-state index in [9.17, 15) is 4.79 Å². The molecule has 0 aliphatic carbocycles. The summed E-state index contributed by atoms with van der Waals surface area (Å²) in [5.74, 6) is -0.0869. The fourth-order valence-electron chi connectivity index (χ4n) is 1.32. The van der Waals surface area contributed by atoms with Gasteiger partial charge in [0.2, 0.25) is 11.0 Å². The maximum absolute atomic E-state index is 12.0. The highest BCUT2D eigenvalue weighted by Gasteiger charge is 2.16. The van der Waals surface area contributed by atoms with Gasteiger partial charge in [0.1, 0.15) is 5.01 Å². The van der Waals surface area contributed by atoms with E-state index < -0.39 is 0 Å². The molecule has 1 N–H and O–H groups in total. The summed E-state index contributed by atoms with van der Waals surface area (Å²) in [7, 11) is 0. The Kier molecular flexibility index (Phi) is 4.79. The molecule has 0 spiro atoms. The lowest BCUT2D eigenvalue weighted by Crippen LogP contribution is -2.22. The van der Waals surface area contributed by atoms with Crippen molar-refractivity contribution in [1.82, 2.24) is 10.2 Å². The molecule has 1 aromatic heterocycles. The zero-order valence-corrected chi connectivity index (χ0v) is 12.8. The quantitative estimate of drug-likeness (QED) is 0.876. The van der Waals surface area contributed by atoms with E-state index in [-0.39, 0.29) is 11.2 Å². The SMILES string of the molecule is Cc1nnc(NC(=O)C(C)Sc2ccc(Cl)cc2)s1. The first-order valence-electron chi connectivity index (χ1n) is 5.58. The molecular weight excluding hydrogens is 302 g/mol. The van der Waals surface area contributed by atoms with Gasteiger partial charge in [-0.05, 0) is 38.1 Å². The first-order valence-corrected chi connectivity index (χ1v) is 7.65. The van der Waals surface area contributed by atoms with Gasteiger partial charge < -0.3 is 0 Å². The number of nitrogens with zero attached hydrogens (tertiary/aromatic N) is 2. The van der Waals surface area contributed by atoms with Crippen molar-refractivity contribution in [2.24, 2.45) is 0 Å². The Morgan fingerprint density at radius 1 is 1.37 bits per heavy atom. The maximum Gasteiger partial charge on any atom is 0.239 e. The van der Waals surface area contributed by atoms with Crippen molar-refractivity contribution in [3.8, 4) is 0 Å². The third kappa shape index (κ3) is 4.19. The van der Waals surface area contributed by atoms with Crippen molar-refractivity contribution < 1.29 is 4.79 Å². The molecule has 100 valence electrons. The smallest absolute Gasteiger partial charge is 0.239 e. The van der Waals surface area contributed by atoms with E-state index in [4.69, 9.17) is 11.6 Å². The molecule has 0 radical (unpaired) electrons. The molecule has 1 heterocycles. The minimum Gasteiger partial charge on any atom is -0.300 e. The van der Waals surface area contributed by atoms with E-state index in [1.54, 1.807) is 0 Å². The molecule has 0 bridgehead atoms. The maximum atomic E-state index is 12.0. The van der Waals surface area contributed by atoms with E-state index >= 15 is 0 Å². The van der Waals surface area contributed by atoms with Gasteiger partial charge >= 0.3 is 0 Å². The predicted molar refractivity (Wildman–Crippen MR) is 80.0 cm³/mol. The van der Waals surface area contributed by atoms with Crippen molar-refractivity contribution >= 4 is 45.7 Å². The molecule has 19 heavy (non-hydrogen) atoms. The van der Waals surface area contributed by atoms with Crippen molar-refractivity contribution in [3.63, 3.8) is 0 Å². The summed E-state index contributed by atoms with van der Waals surface area (Å²) in [6.07, 6.45) is 0. The van der Waals surface area contributed by atoms with Gasteiger partial charge in [0.15, 0.2) is 0 Å². The van der Waals surface area contributed by atoms with Gasteiger partial charge in [-0.2, -0.15) is 0 Å². The van der Waals surface area contributed by atoms with Crippen LogP contribution in [0.15, 0.2) is 29.2 Å². The molecule has 4 nitrogen and oxygen atoms in total. The van der Waals surface area contributed by atoms with Gasteiger partial charge in [-0.15, -0.1) is 22.0 Å². The molecule has 1 aromatic carbocycles. The topological polar surface area (TPSA) is 54.9 Å². The number of carbonyl (C=O) groups is 1. The molecule has 0 aliphatic rings. The standard InChI is InChI=1S/C12H12ClN3OS2/c1-7(18-10-5-3-9(13)4-6-10)11(17)14-12-16-15-8(2)19-12/h3-7H,1-2H3,(H,14,16,17). The van der Waals surface area contributed by atoms with Crippen LogP contribution >= 0.6 is 34.7 Å². The molecule has 1 amide bonds. The van der Waals surface area contributed by atoms with Gasteiger partial charge in [-0.25, -0.2) is 0 Å².